The Hall–Kier alpha value is -1.14. The van der Waals surface area contributed by atoms with Gasteiger partial charge in [-0.15, -0.1) is 12.4 Å². The predicted octanol–water partition coefficient (Wildman–Crippen LogP) is 3.06. The van der Waals surface area contributed by atoms with E-state index in [9.17, 15) is 9.59 Å². The van der Waals surface area contributed by atoms with E-state index in [1.807, 2.05) is 0 Å². The number of carbonyl (C=O) groups is 2. The molecule has 0 aromatic heterocycles. The molecule has 0 saturated heterocycles. The number of nitrogens with zero attached hydrogens (tertiary/aromatic N) is 1. The van der Waals surface area contributed by atoms with Crippen LogP contribution in [0.15, 0.2) is 5.16 Å². The lowest BCUT2D eigenvalue weighted by Gasteiger charge is -2.61. The van der Waals surface area contributed by atoms with Crippen molar-refractivity contribution in [1.29, 1.82) is 0 Å². The van der Waals surface area contributed by atoms with Crippen molar-refractivity contribution in [3.05, 3.63) is 0 Å². The van der Waals surface area contributed by atoms with Crippen molar-refractivity contribution in [2.24, 2.45) is 57.0 Å². The fourth-order valence-corrected chi connectivity index (χ4v) is 7.50. The van der Waals surface area contributed by atoms with Crippen LogP contribution in [-0.2, 0) is 14.4 Å². The van der Waals surface area contributed by atoms with Crippen molar-refractivity contribution in [2.75, 3.05) is 13.2 Å². The fourth-order valence-electron chi connectivity index (χ4n) is 7.50. The molecule has 0 aromatic rings. The first-order valence-corrected chi connectivity index (χ1v) is 11.0. The Morgan fingerprint density at radius 1 is 1.17 bits per heavy atom. The molecule has 4 saturated carbocycles. The van der Waals surface area contributed by atoms with E-state index >= 15 is 0 Å². The van der Waals surface area contributed by atoms with Crippen LogP contribution in [0.25, 0.3) is 0 Å². The van der Waals surface area contributed by atoms with E-state index in [4.69, 9.17) is 16.3 Å². The Morgan fingerprint density at radius 2 is 1.93 bits per heavy atom. The van der Waals surface area contributed by atoms with Crippen LogP contribution < -0.4 is 11.5 Å². The number of amides is 1. The Morgan fingerprint density at radius 3 is 2.62 bits per heavy atom. The third-order valence-electron chi connectivity index (χ3n) is 9.03. The van der Waals surface area contributed by atoms with Gasteiger partial charge in [-0.2, -0.15) is 0 Å². The minimum atomic E-state index is -0.185. The van der Waals surface area contributed by atoms with Gasteiger partial charge in [0.05, 0.1) is 5.71 Å². The number of hydrogen-bond donors (Lipinski definition) is 2. The van der Waals surface area contributed by atoms with Crippen molar-refractivity contribution in [2.45, 2.75) is 65.2 Å². The van der Waals surface area contributed by atoms with E-state index < -0.39 is 0 Å². The molecule has 0 spiro atoms. The normalized spacial score (nSPS) is 45.0. The van der Waals surface area contributed by atoms with E-state index in [1.165, 1.54) is 0 Å². The van der Waals surface area contributed by atoms with E-state index in [1.54, 1.807) is 0 Å². The van der Waals surface area contributed by atoms with Gasteiger partial charge in [0.15, 0.2) is 0 Å². The average molecular weight is 426 g/mol. The van der Waals surface area contributed by atoms with Crippen LogP contribution in [0.5, 0.6) is 0 Å². The summed E-state index contributed by atoms with van der Waals surface area (Å²) in [5.41, 5.74) is 12.4. The number of nitrogens with two attached hydrogens (primary N) is 2. The van der Waals surface area contributed by atoms with Crippen molar-refractivity contribution in [3.8, 4) is 0 Å². The third-order valence-corrected chi connectivity index (χ3v) is 9.03. The molecule has 0 aliphatic heterocycles. The van der Waals surface area contributed by atoms with Crippen LogP contribution in [0.3, 0.4) is 0 Å². The summed E-state index contributed by atoms with van der Waals surface area (Å²) < 4.78 is 0. The highest BCUT2D eigenvalue weighted by molar-refractivity contribution is 5.88. The number of Topliss-reactive ketones (excluding diaryl/α,β-unsaturated/α-hetero) is 1. The molecule has 7 heteroatoms. The lowest BCUT2D eigenvalue weighted by molar-refractivity contribution is -0.150. The van der Waals surface area contributed by atoms with Crippen LogP contribution in [0.1, 0.15) is 65.2 Å². The van der Waals surface area contributed by atoms with Crippen molar-refractivity contribution >= 4 is 29.8 Å². The second kappa shape index (κ2) is 8.18. The number of rotatable bonds is 4. The molecule has 0 aromatic carbocycles. The number of primary amides is 1. The van der Waals surface area contributed by atoms with Gasteiger partial charge < -0.3 is 16.3 Å². The Bertz CT molecular complexity index is 699. The Balaban J connectivity index is 0.00000240. The monoisotopic (exact) mass is 425 g/mol. The van der Waals surface area contributed by atoms with Gasteiger partial charge in [-0.1, -0.05) is 19.0 Å². The number of ketones is 1. The maximum Gasteiger partial charge on any atom is 0.220 e. The molecule has 6 nitrogen and oxygen atoms in total. The van der Waals surface area contributed by atoms with Gasteiger partial charge in [0.1, 0.15) is 12.4 Å². The van der Waals surface area contributed by atoms with Crippen LogP contribution in [0.2, 0.25) is 0 Å². The van der Waals surface area contributed by atoms with Gasteiger partial charge in [-0.05, 0) is 74.0 Å². The maximum atomic E-state index is 12.6. The summed E-state index contributed by atoms with van der Waals surface area (Å²) in [6, 6.07) is 0. The lowest BCUT2D eigenvalue weighted by Crippen LogP contribution is -2.58. The summed E-state index contributed by atoms with van der Waals surface area (Å²) in [7, 11) is 0. The van der Waals surface area contributed by atoms with Gasteiger partial charge in [0.2, 0.25) is 5.91 Å². The van der Waals surface area contributed by atoms with Crippen LogP contribution in [-0.4, -0.2) is 30.6 Å². The molecule has 0 heterocycles. The third kappa shape index (κ3) is 3.50. The summed E-state index contributed by atoms with van der Waals surface area (Å²) in [6.07, 6.45) is 7.35. The smallest absolute Gasteiger partial charge is 0.220 e. The van der Waals surface area contributed by atoms with Gasteiger partial charge in [-0.25, -0.2) is 0 Å². The topological polar surface area (TPSA) is 108 Å². The Labute approximate surface area is 179 Å². The molecule has 0 radical (unpaired) electrons. The van der Waals surface area contributed by atoms with Gasteiger partial charge in [-0.3, -0.25) is 9.59 Å². The number of fused-ring (bicyclic) bond motifs is 5. The molecule has 1 amide bonds. The zero-order valence-corrected chi connectivity index (χ0v) is 18.5. The largest absolute Gasteiger partial charge is 0.395 e. The number of oxime groups is 1. The highest BCUT2D eigenvalue weighted by Crippen LogP contribution is 2.66. The molecule has 29 heavy (non-hydrogen) atoms. The molecule has 4 aliphatic carbocycles. The van der Waals surface area contributed by atoms with E-state index in [0.717, 1.165) is 50.7 Å². The highest BCUT2D eigenvalue weighted by atomic mass is 35.5. The zero-order chi connectivity index (χ0) is 20.1. The molecule has 164 valence electrons. The zero-order valence-electron chi connectivity index (χ0n) is 17.7. The molecular weight excluding hydrogens is 390 g/mol. The summed E-state index contributed by atoms with van der Waals surface area (Å²) in [5, 5.41) is 4.31. The minimum Gasteiger partial charge on any atom is -0.395 e. The molecule has 0 bridgehead atoms. The van der Waals surface area contributed by atoms with E-state index in [-0.39, 0.29) is 41.0 Å². The summed E-state index contributed by atoms with van der Waals surface area (Å²) in [5.74, 6) is 1.77. The lowest BCUT2D eigenvalue weighted by atomic mass is 9.43. The predicted molar refractivity (Wildman–Crippen MR) is 114 cm³/mol. The quantitative estimate of drug-likeness (QED) is 0.532. The first-order chi connectivity index (χ1) is 13.3. The van der Waals surface area contributed by atoms with Crippen molar-refractivity contribution < 1.29 is 14.4 Å². The van der Waals surface area contributed by atoms with Crippen LogP contribution in [0.4, 0.5) is 0 Å². The standard InChI is InChI=1S/C22H35N3O3.ClH/c1-21-7-5-13(25-28-10-9-23)11-18(21)15(20(24)27)12-14-16-3-4-19(26)22(16,2)8-6-17(14)21;/h14-18H,3-12,23H2,1-2H3,(H2,24,27);1H/t14-,15-,16-,17-,18?,21+,22-;/m0./s1. The molecule has 4 fully saturated rings. The fraction of sp³-hybridized carbons (Fsp3) is 0.864. The van der Waals surface area contributed by atoms with Crippen molar-refractivity contribution in [3.63, 3.8) is 0 Å². The maximum absolute atomic E-state index is 12.6. The molecule has 4 rings (SSSR count). The van der Waals surface area contributed by atoms with Gasteiger partial charge in [0.25, 0.3) is 0 Å². The second-order valence-electron chi connectivity index (χ2n) is 10.1. The van der Waals surface area contributed by atoms with Crippen molar-refractivity contribution in [1.82, 2.24) is 0 Å². The van der Waals surface area contributed by atoms with E-state index in [0.29, 0.717) is 43.1 Å². The first kappa shape index (κ1) is 22.5. The summed E-state index contributed by atoms with van der Waals surface area (Å²) >= 11 is 0. The molecule has 7 atom stereocenters. The average Bonchev–Trinajstić information content (AvgIpc) is 2.96. The summed E-state index contributed by atoms with van der Waals surface area (Å²) in [4.78, 5) is 30.4. The summed E-state index contributed by atoms with van der Waals surface area (Å²) in [6.45, 7) is 5.42. The second-order valence-corrected chi connectivity index (χ2v) is 10.1. The van der Waals surface area contributed by atoms with Gasteiger partial charge in [0, 0.05) is 24.3 Å². The minimum absolute atomic E-state index is 0. The van der Waals surface area contributed by atoms with E-state index in [2.05, 4.69) is 19.0 Å². The molecule has 4 aliphatic rings. The molecular formula is C22H36ClN3O3. The molecule has 1 unspecified atom stereocenters. The van der Waals surface area contributed by atoms with Crippen LogP contribution in [0, 0.1) is 40.4 Å². The number of hydrogen-bond acceptors (Lipinski definition) is 5. The highest BCUT2D eigenvalue weighted by Gasteiger charge is 2.62. The Kier molecular flexibility index (Phi) is 6.36. The molecule has 4 N–H and O–H groups in total. The number of halogens is 1. The number of carbonyl (C=O) groups excluding carboxylic acids is 2. The van der Waals surface area contributed by atoms with Crippen LogP contribution >= 0.6 is 12.4 Å². The SMILES string of the molecule is C[C@]12CCC(=NOCCN)CC1[C@@H](C(N)=O)C[C@@H]1[C@@H]2CC[C@]2(C)C(=O)CC[C@@H]12.Cl. The first-order valence-electron chi connectivity index (χ1n) is 11.0. The van der Waals surface area contributed by atoms with Gasteiger partial charge >= 0.3 is 0 Å².